The van der Waals surface area contributed by atoms with Crippen molar-refractivity contribution in [3.8, 4) is 0 Å². The van der Waals surface area contributed by atoms with E-state index < -0.39 is 17.3 Å². The summed E-state index contributed by atoms with van der Waals surface area (Å²) in [5.74, 6) is 0. The molecule has 8 heavy (non-hydrogen) atoms. The molecule has 0 rings (SSSR count). The van der Waals surface area contributed by atoms with Gasteiger partial charge < -0.3 is 9.94 Å². The van der Waals surface area contributed by atoms with Crippen molar-refractivity contribution in [2.24, 2.45) is 0 Å². The molecule has 1 unspecified atom stereocenters. The Morgan fingerprint density at radius 2 is 2.50 bits per heavy atom. The van der Waals surface area contributed by atoms with Gasteiger partial charge in [0.05, 0.1) is 0 Å². The van der Waals surface area contributed by atoms with E-state index in [-0.39, 0.29) is 0 Å². The summed E-state index contributed by atoms with van der Waals surface area (Å²) in [5, 5.41) is 16.4. The van der Waals surface area contributed by atoms with E-state index in [1.54, 1.807) is 0 Å². The van der Waals surface area contributed by atoms with Crippen LogP contribution in [-0.4, -0.2) is 22.4 Å². The van der Waals surface area contributed by atoms with Gasteiger partial charge in [0.1, 0.15) is 6.61 Å². The van der Waals surface area contributed by atoms with Crippen LogP contribution in [0.15, 0.2) is 0 Å². The van der Waals surface area contributed by atoms with Crippen LogP contribution in [0.5, 0.6) is 0 Å². The Morgan fingerprint density at radius 3 is 2.62 bits per heavy atom. The van der Waals surface area contributed by atoms with Gasteiger partial charge in [-0.2, -0.15) is 0 Å². The summed E-state index contributed by atoms with van der Waals surface area (Å²) < 4.78 is 0. The van der Waals surface area contributed by atoms with Crippen LogP contribution in [0.25, 0.3) is 0 Å². The highest BCUT2D eigenvalue weighted by Gasteiger charge is 1.99. The van der Waals surface area contributed by atoms with Crippen LogP contribution in [0, 0.1) is 10.1 Å². The average molecular weight is 142 g/mol. The summed E-state index contributed by atoms with van der Waals surface area (Å²) in [6, 6.07) is 0. The third-order valence-electron chi connectivity index (χ3n) is 0.317. The first-order valence-electron chi connectivity index (χ1n) is 1.72. The number of alkyl halides is 1. The summed E-state index contributed by atoms with van der Waals surface area (Å²) in [7, 11) is 0. The first-order chi connectivity index (χ1) is 3.63. The largest absolute Gasteiger partial charge is 0.376 e. The summed E-state index contributed by atoms with van der Waals surface area (Å²) in [5.41, 5.74) is -1.31. The van der Waals surface area contributed by atoms with Gasteiger partial charge in [-0.25, -0.2) is 0 Å². The van der Waals surface area contributed by atoms with Crippen molar-refractivity contribution in [2.75, 3.05) is 6.61 Å². The molecule has 5 nitrogen and oxygen atoms in total. The maximum Gasteiger partial charge on any atom is 0.294 e. The lowest BCUT2D eigenvalue weighted by atomic mass is 10.8. The molecule has 0 saturated heterocycles. The zero-order valence-electron chi connectivity index (χ0n) is 3.78. The van der Waals surface area contributed by atoms with Gasteiger partial charge in [0.25, 0.3) is 5.09 Å². The highest BCUT2D eigenvalue weighted by atomic mass is 35.5. The maximum atomic E-state index is 9.32. The number of rotatable bonds is 3. The molecule has 0 spiro atoms. The van der Waals surface area contributed by atoms with Crippen molar-refractivity contribution in [1.29, 1.82) is 0 Å². The molecule has 6 heteroatoms. The molecule has 0 saturated carbocycles. The quantitative estimate of drug-likeness (QED) is 0.334. The van der Waals surface area contributed by atoms with Gasteiger partial charge in [-0.3, -0.25) is 0 Å². The van der Waals surface area contributed by atoms with Gasteiger partial charge in [0.15, 0.2) is 5.56 Å². The normalized spacial score (nSPS) is 12.8. The standard InChI is InChI=1S/C2H4ClNO4/c3-2(5)1-8-4(6)7/h2,5H,1H2. The van der Waals surface area contributed by atoms with Gasteiger partial charge in [0, 0.05) is 0 Å². The van der Waals surface area contributed by atoms with Crippen LogP contribution in [0.1, 0.15) is 0 Å². The third kappa shape index (κ3) is 5.45. The minimum Gasteiger partial charge on any atom is -0.376 e. The molecule has 0 aromatic carbocycles. The van der Waals surface area contributed by atoms with Crippen LogP contribution >= 0.6 is 11.6 Å². The first kappa shape index (κ1) is 7.45. The van der Waals surface area contributed by atoms with E-state index in [0.29, 0.717) is 0 Å². The van der Waals surface area contributed by atoms with E-state index in [2.05, 4.69) is 4.84 Å². The number of nitrogens with zero attached hydrogens (tertiary/aromatic N) is 1. The molecule has 0 bridgehead atoms. The molecule has 1 atom stereocenters. The highest BCUT2D eigenvalue weighted by Crippen LogP contribution is 1.88. The minimum atomic E-state index is -1.31. The van der Waals surface area contributed by atoms with Crippen LogP contribution in [-0.2, 0) is 4.84 Å². The fraction of sp³-hybridized carbons (Fsp3) is 1.00. The van der Waals surface area contributed by atoms with Crippen molar-refractivity contribution in [2.45, 2.75) is 5.56 Å². The summed E-state index contributed by atoms with van der Waals surface area (Å²) in [4.78, 5) is 13.0. The second-order valence-electron chi connectivity index (χ2n) is 0.954. The smallest absolute Gasteiger partial charge is 0.294 e. The van der Waals surface area contributed by atoms with Crippen molar-refractivity contribution in [3.05, 3.63) is 10.1 Å². The summed E-state index contributed by atoms with van der Waals surface area (Å²) in [6.45, 7) is -0.492. The average Bonchev–Trinajstić information content (AvgIpc) is 1.61. The molecule has 0 fully saturated rings. The molecule has 0 radical (unpaired) electrons. The van der Waals surface area contributed by atoms with E-state index in [1.807, 2.05) is 0 Å². The Labute approximate surface area is 49.9 Å². The monoisotopic (exact) mass is 141 g/mol. The second-order valence-corrected chi connectivity index (χ2v) is 1.46. The molecular weight excluding hydrogens is 137 g/mol. The van der Waals surface area contributed by atoms with E-state index >= 15 is 0 Å². The fourth-order valence-electron chi connectivity index (χ4n) is 0.122. The second kappa shape index (κ2) is 3.45. The highest BCUT2D eigenvalue weighted by molar-refractivity contribution is 6.19. The molecule has 0 aromatic rings. The van der Waals surface area contributed by atoms with Crippen LogP contribution in [0.4, 0.5) is 0 Å². The van der Waals surface area contributed by atoms with Crippen LogP contribution < -0.4 is 0 Å². The molecule has 0 aliphatic carbocycles. The van der Waals surface area contributed by atoms with Gasteiger partial charge in [-0.1, -0.05) is 11.6 Å². The van der Waals surface area contributed by atoms with E-state index in [9.17, 15) is 10.1 Å². The fourth-order valence-corrected chi connectivity index (χ4v) is 0.179. The SMILES string of the molecule is O=[N+]([O-])OCC(O)Cl. The summed E-state index contributed by atoms with van der Waals surface area (Å²) in [6.07, 6.45) is 0. The zero-order valence-corrected chi connectivity index (χ0v) is 4.54. The Kier molecular flexibility index (Phi) is 3.21. The number of hydrogen-bond acceptors (Lipinski definition) is 4. The molecule has 0 amide bonds. The zero-order chi connectivity index (χ0) is 6.57. The van der Waals surface area contributed by atoms with Crippen LogP contribution in [0.3, 0.4) is 0 Å². The number of aliphatic hydroxyl groups is 1. The number of aliphatic hydroxyl groups excluding tert-OH is 1. The van der Waals surface area contributed by atoms with E-state index in [1.165, 1.54) is 0 Å². The summed E-state index contributed by atoms with van der Waals surface area (Å²) >= 11 is 4.85. The van der Waals surface area contributed by atoms with Gasteiger partial charge >= 0.3 is 0 Å². The van der Waals surface area contributed by atoms with Crippen molar-refractivity contribution >= 4 is 11.6 Å². The molecule has 0 heterocycles. The van der Waals surface area contributed by atoms with Crippen LogP contribution in [0.2, 0.25) is 0 Å². The Balaban J connectivity index is 3.05. The van der Waals surface area contributed by atoms with Gasteiger partial charge in [0.2, 0.25) is 0 Å². The maximum absolute atomic E-state index is 9.32. The van der Waals surface area contributed by atoms with Crippen molar-refractivity contribution in [1.82, 2.24) is 0 Å². The Hall–Kier alpha value is -0.550. The molecular formula is C2H4ClNO4. The lowest BCUT2D eigenvalue weighted by molar-refractivity contribution is -0.758. The number of halogens is 1. The van der Waals surface area contributed by atoms with E-state index in [4.69, 9.17) is 16.7 Å². The molecule has 0 aliphatic rings. The molecule has 1 N–H and O–H groups in total. The lowest BCUT2D eigenvalue weighted by Crippen LogP contribution is -2.11. The first-order valence-corrected chi connectivity index (χ1v) is 2.16. The number of hydrogen-bond donors (Lipinski definition) is 1. The van der Waals surface area contributed by atoms with Crippen molar-refractivity contribution in [3.63, 3.8) is 0 Å². The predicted molar refractivity (Wildman–Crippen MR) is 24.8 cm³/mol. The Bertz CT molecular complexity index is 84.1. The predicted octanol–water partition coefficient (Wildman–Crippen LogP) is -0.248. The topological polar surface area (TPSA) is 72.6 Å². The third-order valence-corrected chi connectivity index (χ3v) is 0.443. The Morgan fingerprint density at radius 1 is 2.00 bits per heavy atom. The molecule has 48 valence electrons. The van der Waals surface area contributed by atoms with E-state index in [0.717, 1.165) is 0 Å². The minimum absolute atomic E-state index is 0.492. The van der Waals surface area contributed by atoms with Gasteiger partial charge in [-0.15, -0.1) is 10.1 Å². The van der Waals surface area contributed by atoms with Crippen molar-refractivity contribution < 1.29 is 15.0 Å². The van der Waals surface area contributed by atoms with Gasteiger partial charge in [-0.05, 0) is 0 Å². The molecule has 0 aromatic heterocycles. The molecule has 0 aliphatic heterocycles. The lowest BCUT2D eigenvalue weighted by Gasteiger charge is -1.96.